The molecule has 0 aliphatic heterocycles. The van der Waals surface area contributed by atoms with Crippen molar-refractivity contribution in [1.29, 1.82) is 0 Å². The van der Waals surface area contributed by atoms with Gasteiger partial charge >= 0.3 is 18.0 Å². The Hall–Kier alpha value is -1.75. The van der Waals surface area contributed by atoms with Crippen molar-refractivity contribution in [3.05, 3.63) is 24.3 Å². The summed E-state index contributed by atoms with van der Waals surface area (Å²) in [6.07, 6.45) is -6.05. The first-order valence-electron chi connectivity index (χ1n) is 5.21. The van der Waals surface area contributed by atoms with E-state index in [1.807, 2.05) is 4.72 Å². The molecule has 0 unspecified atom stereocenters. The molecule has 11 heteroatoms. The van der Waals surface area contributed by atoms with Crippen molar-refractivity contribution in [2.45, 2.75) is 17.0 Å². The molecule has 0 aliphatic rings. The Balaban J connectivity index is 3.06. The van der Waals surface area contributed by atoms with Gasteiger partial charge in [0.05, 0.1) is 4.90 Å². The number of nitrogens with one attached hydrogen (secondary N) is 2. The van der Waals surface area contributed by atoms with Gasteiger partial charge in [0.1, 0.15) is 0 Å². The number of hydrogen-bond donors (Lipinski definition) is 2. The molecular formula is C10H9F5N2O3S. The quantitative estimate of drug-likeness (QED) is 0.825. The first kappa shape index (κ1) is 17.3. The van der Waals surface area contributed by atoms with E-state index in [1.54, 1.807) is 0 Å². The summed E-state index contributed by atoms with van der Waals surface area (Å²) >= 11 is 0. The Bertz CT molecular complexity index is 642. The first-order valence-corrected chi connectivity index (χ1v) is 6.70. The van der Waals surface area contributed by atoms with E-state index in [-0.39, 0.29) is 0 Å². The van der Waals surface area contributed by atoms with Crippen molar-refractivity contribution >= 4 is 21.6 Å². The molecule has 0 bridgehead atoms. The fraction of sp³-hybridized carbons (Fsp3) is 0.300. The normalized spacial score (nSPS) is 13.0. The van der Waals surface area contributed by atoms with Crippen molar-refractivity contribution in [2.24, 2.45) is 0 Å². The van der Waals surface area contributed by atoms with Gasteiger partial charge in [-0.25, -0.2) is 13.1 Å². The summed E-state index contributed by atoms with van der Waals surface area (Å²) < 4.78 is 86.3. The predicted molar refractivity (Wildman–Crippen MR) is 62.3 cm³/mol. The van der Waals surface area contributed by atoms with Crippen LogP contribution in [-0.2, 0) is 14.8 Å². The topological polar surface area (TPSA) is 75.3 Å². The summed E-state index contributed by atoms with van der Waals surface area (Å²) in [5, 5.41) is 1.32. The molecule has 21 heavy (non-hydrogen) atoms. The van der Waals surface area contributed by atoms with Crippen LogP contribution in [0.2, 0.25) is 0 Å². The standard InChI is InChI=1S/C10H9F5N2O3S/c1-16-21(19,20)7-4-2-3-6(5-7)17-8(18)9(11,12)10(13,14)15/h2-5,16H,1H3,(H,17,18). The van der Waals surface area contributed by atoms with Gasteiger partial charge in [0, 0.05) is 5.69 Å². The van der Waals surface area contributed by atoms with Crippen molar-refractivity contribution in [2.75, 3.05) is 12.4 Å². The van der Waals surface area contributed by atoms with Gasteiger partial charge in [0.15, 0.2) is 0 Å². The molecule has 1 aromatic carbocycles. The van der Waals surface area contributed by atoms with E-state index in [0.717, 1.165) is 31.3 Å². The van der Waals surface area contributed by atoms with E-state index in [0.29, 0.717) is 0 Å². The molecule has 0 fully saturated rings. The number of amides is 1. The number of carbonyl (C=O) groups excluding carboxylic acids is 1. The molecule has 0 aliphatic carbocycles. The van der Waals surface area contributed by atoms with E-state index in [2.05, 4.69) is 0 Å². The monoisotopic (exact) mass is 332 g/mol. The molecule has 118 valence electrons. The van der Waals surface area contributed by atoms with Gasteiger partial charge in [-0.1, -0.05) is 6.07 Å². The van der Waals surface area contributed by atoms with Crippen molar-refractivity contribution in [3.63, 3.8) is 0 Å². The van der Waals surface area contributed by atoms with Gasteiger partial charge in [0.2, 0.25) is 10.0 Å². The molecule has 2 N–H and O–H groups in total. The van der Waals surface area contributed by atoms with E-state index in [4.69, 9.17) is 0 Å². The van der Waals surface area contributed by atoms with Gasteiger partial charge in [-0.05, 0) is 25.2 Å². The number of rotatable bonds is 4. The van der Waals surface area contributed by atoms with Crippen LogP contribution in [0.4, 0.5) is 27.6 Å². The molecule has 0 aromatic heterocycles. The molecule has 5 nitrogen and oxygen atoms in total. The highest BCUT2D eigenvalue weighted by Gasteiger charge is 2.63. The Morgan fingerprint density at radius 2 is 1.71 bits per heavy atom. The highest BCUT2D eigenvalue weighted by molar-refractivity contribution is 7.89. The maximum Gasteiger partial charge on any atom is 0.463 e. The minimum Gasteiger partial charge on any atom is -0.320 e. The van der Waals surface area contributed by atoms with Gasteiger partial charge < -0.3 is 5.32 Å². The average molecular weight is 332 g/mol. The van der Waals surface area contributed by atoms with E-state index < -0.39 is 38.6 Å². The predicted octanol–water partition coefficient (Wildman–Crippen LogP) is 1.73. The number of anilines is 1. The number of alkyl halides is 5. The van der Waals surface area contributed by atoms with Crippen LogP contribution < -0.4 is 10.0 Å². The van der Waals surface area contributed by atoms with Crippen LogP contribution in [-0.4, -0.2) is 33.5 Å². The highest BCUT2D eigenvalue weighted by atomic mass is 32.2. The van der Waals surface area contributed by atoms with Gasteiger partial charge in [0.25, 0.3) is 0 Å². The van der Waals surface area contributed by atoms with Crippen LogP contribution in [0.15, 0.2) is 29.2 Å². The zero-order chi connectivity index (χ0) is 16.5. The average Bonchev–Trinajstić information content (AvgIpc) is 2.37. The fourth-order valence-corrected chi connectivity index (χ4v) is 1.97. The van der Waals surface area contributed by atoms with Crippen molar-refractivity contribution in [1.82, 2.24) is 4.72 Å². The van der Waals surface area contributed by atoms with Crippen LogP contribution in [0, 0.1) is 0 Å². The van der Waals surface area contributed by atoms with Crippen molar-refractivity contribution < 1.29 is 35.2 Å². The number of benzene rings is 1. The Kier molecular flexibility index (Phi) is 4.58. The van der Waals surface area contributed by atoms with Gasteiger partial charge in [-0.15, -0.1) is 0 Å². The fourth-order valence-electron chi connectivity index (χ4n) is 1.20. The second-order valence-electron chi connectivity index (χ2n) is 3.76. The van der Waals surface area contributed by atoms with Crippen LogP contribution in [0.5, 0.6) is 0 Å². The molecule has 0 radical (unpaired) electrons. The second-order valence-corrected chi connectivity index (χ2v) is 5.65. The van der Waals surface area contributed by atoms with Crippen LogP contribution in [0.3, 0.4) is 0 Å². The van der Waals surface area contributed by atoms with E-state index in [1.165, 1.54) is 5.32 Å². The second kappa shape index (κ2) is 5.56. The minimum atomic E-state index is -6.05. The third-order valence-electron chi connectivity index (χ3n) is 2.31. The molecule has 0 saturated carbocycles. The van der Waals surface area contributed by atoms with Crippen LogP contribution in [0.1, 0.15) is 0 Å². The Morgan fingerprint density at radius 3 is 2.19 bits per heavy atom. The van der Waals surface area contributed by atoms with Crippen LogP contribution in [0.25, 0.3) is 0 Å². The summed E-state index contributed by atoms with van der Waals surface area (Å²) in [5.41, 5.74) is -0.514. The highest BCUT2D eigenvalue weighted by Crippen LogP contribution is 2.36. The summed E-state index contributed by atoms with van der Waals surface area (Å²) in [7, 11) is -2.85. The number of sulfonamides is 1. The smallest absolute Gasteiger partial charge is 0.320 e. The largest absolute Gasteiger partial charge is 0.463 e. The SMILES string of the molecule is CNS(=O)(=O)c1cccc(NC(=O)C(F)(F)C(F)(F)F)c1. The molecule has 0 heterocycles. The minimum absolute atomic E-state index is 0.405. The zero-order valence-corrected chi connectivity index (χ0v) is 11.1. The lowest BCUT2D eigenvalue weighted by Crippen LogP contribution is -2.47. The third kappa shape index (κ3) is 3.67. The molecule has 1 rings (SSSR count). The lowest BCUT2D eigenvalue weighted by molar-refractivity contribution is -0.267. The Labute approximate surface area is 116 Å². The molecule has 1 amide bonds. The maximum absolute atomic E-state index is 12.7. The maximum atomic E-state index is 12.7. The zero-order valence-electron chi connectivity index (χ0n) is 10.3. The summed E-state index contributed by atoms with van der Waals surface area (Å²) in [5.74, 6) is -8.20. The van der Waals surface area contributed by atoms with Crippen LogP contribution >= 0.6 is 0 Å². The first-order chi connectivity index (χ1) is 9.41. The van der Waals surface area contributed by atoms with Crippen molar-refractivity contribution in [3.8, 4) is 0 Å². The number of halogens is 5. The Morgan fingerprint density at radius 1 is 1.14 bits per heavy atom. The third-order valence-corrected chi connectivity index (χ3v) is 3.72. The van der Waals surface area contributed by atoms with E-state index in [9.17, 15) is 35.2 Å². The lowest BCUT2D eigenvalue weighted by Gasteiger charge is -2.18. The summed E-state index contributed by atoms with van der Waals surface area (Å²) in [6.45, 7) is 0. The van der Waals surface area contributed by atoms with Gasteiger partial charge in [-0.3, -0.25) is 4.79 Å². The summed E-state index contributed by atoms with van der Waals surface area (Å²) in [6, 6.07) is 3.87. The molecule has 0 atom stereocenters. The number of hydrogen-bond acceptors (Lipinski definition) is 3. The molecule has 0 saturated heterocycles. The summed E-state index contributed by atoms with van der Waals surface area (Å²) in [4.78, 5) is 10.6. The molecule has 1 aromatic rings. The van der Waals surface area contributed by atoms with Gasteiger partial charge in [-0.2, -0.15) is 22.0 Å². The molecular weight excluding hydrogens is 323 g/mol. The van der Waals surface area contributed by atoms with E-state index >= 15 is 0 Å². The lowest BCUT2D eigenvalue weighted by atomic mass is 10.2. The number of carbonyl (C=O) groups is 1. The molecule has 0 spiro atoms.